The van der Waals surface area contributed by atoms with E-state index in [1.54, 1.807) is 4.52 Å². The summed E-state index contributed by atoms with van der Waals surface area (Å²) < 4.78 is 1.73. The summed E-state index contributed by atoms with van der Waals surface area (Å²) in [6.07, 6.45) is 3.90. The first kappa shape index (κ1) is 13.3. The van der Waals surface area contributed by atoms with Gasteiger partial charge in [0.1, 0.15) is 12.1 Å². The van der Waals surface area contributed by atoms with Crippen LogP contribution in [0.5, 0.6) is 0 Å². The zero-order valence-electron chi connectivity index (χ0n) is 11.7. The number of hydrogen-bond acceptors (Lipinski definition) is 6. The van der Waals surface area contributed by atoms with Crippen LogP contribution in [0.2, 0.25) is 0 Å². The minimum absolute atomic E-state index is 0.115. The summed E-state index contributed by atoms with van der Waals surface area (Å²) in [4.78, 5) is 10.7. The molecular formula is C13H20N6O. The van der Waals surface area contributed by atoms with Gasteiger partial charge in [-0.25, -0.2) is 4.98 Å². The number of aryl methyl sites for hydroxylation is 1. The molecule has 7 nitrogen and oxygen atoms in total. The van der Waals surface area contributed by atoms with Gasteiger partial charge in [0, 0.05) is 30.9 Å². The molecule has 20 heavy (non-hydrogen) atoms. The van der Waals surface area contributed by atoms with Crippen molar-refractivity contribution in [3.05, 3.63) is 18.1 Å². The maximum Gasteiger partial charge on any atom is 0.254 e. The van der Waals surface area contributed by atoms with Crippen LogP contribution in [0.4, 0.5) is 5.82 Å². The Kier molecular flexibility index (Phi) is 3.79. The number of nitrogens with zero attached hydrogens (tertiary/aromatic N) is 5. The predicted molar refractivity (Wildman–Crippen MR) is 75.8 cm³/mol. The van der Waals surface area contributed by atoms with Crippen molar-refractivity contribution in [1.82, 2.24) is 24.9 Å². The molecule has 0 aromatic carbocycles. The fraction of sp³-hybridized carbons (Fsp3) is 0.615. The molecule has 0 bridgehead atoms. The molecule has 1 unspecified atom stereocenters. The van der Waals surface area contributed by atoms with Crippen LogP contribution in [-0.2, 0) is 0 Å². The first-order valence-electron chi connectivity index (χ1n) is 7.04. The van der Waals surface area contributed by atoms with Gasteiger partial charge in [-0.05, 0) is 26.3 Å². The van der Waals surface area contributed by atoms with E-state index in [0.29, 0.717) is 18.4 Å². The second-order valence-corrected chi connectivity index (χ2v) is 5.19. The molecule has 0 radical (unpaired) electrons. The lowest BCUT2D eigenvalue weighted by Gasteiger charge is -2.27. The van der Waals surface area contributed by atoms with Gasteiger partial charge in [-0.2, -0.15) is 14.6 Å². The molecule has 1 atom stereocenters. The minimum atomic E-state index is 0.115. The van der Waals surface area contributed by atoms with Crippen molar-refractivity contribution in [2.45, 2.75) is 25.8 Å². The molecule has 0 aliphatic carbocycles. The highest BCUT2D eigenvalue weighted by Crippen LogP contribution is 2.18. The third kappa shape index (κ3) is 2.59. The number of fused-ring (bicyclic) bond motifs is 1. The maximum atomic E-state index is 9.34. The van der Waals surface area contributed by atoms with E-state index < -0.39 is 0 Å². The van der Waals surface area contributed by atoms with Crippen molar-refractivity contribution >= 4 is 11.6 Å². The third-order valence-corrected chi connectivity index (χ3v) is 3.66. The van der Waals surface area contributed by atoms with Gasteiger partial charge in [0.25, 0.3) is 5.78 Å². The summed E-state index contributed by atoms with van der Waals surface area (Å²) >= 11 is 0. The number of aliphatic hydroxyl groups excluding tert-OH is 1. The molecule has 0 amide bonds. The first-order chi connectivity index (χ1) is 9.78. The molecule has 2 aromatic heterocycles. The van der Waals surface area contributed by atoms with Crippen LogP contribution in [-0.4, -0.2) is 57.0 Å². The van der Waals surface area contributed by atoms with Crippen molar-refractivity contribution < 1.29 is 5.11 Å². The highest BCUT2D eigenvalue weighted by Gasteiger charge is 2.20. The Morgan fingerprint density at radius 1 is 1.55 bits per heavy atom. The molecule has 1 saturated heterocycles. The average molecular weight is 276 g/mol. The Morgan fingerprint density at radius 2 is 2.45 bits per heavy atom. The topological polar surface area (TPSA) is 78.6 Å². The second-order valence-electron chi connectivity index (χ2n) is 5.19. The van der Waals surface area contributed by atoms with Crippen LogP contribution in [0, 0.1) is 6.92 Å². The van der Waals surface area contributed by atoms with Gasteiger partial charge in [-0.3, -0.25) is 0 Å². The Morgan fingerprint density at radius 3 is 3.20 bits per heavy atom. The highest BCUT2D eigenvalue weighted by molar-refractivity contribution is 5.47. The molecule has 0 spiro atoms. The van der Waals surface area contributed by atoms with E-state index in [9.17, 15) is 5.11 Å². The Hall–Kier alpha value is -1.73. The van der Waals surface area contributed by atoms with Crippen LogP contribution in [0.3, 0.4) is 0 Å². The molecule has 3 rings (SSSR count). The van der Waals surface area contributed by atoms with E-state index >= 15 is 0 Å². The summed E-state index contributed by atoms with van der Waals surface area (Å²) in [5.41, 5.74) is 0.905. The molecule has 3 heterocycles. The van der Waals surface area contributed by atoms with E-state index in [1.807, 2.05) is 13.0 Å². The normalized spacial score (nSPS) is 18.8. The zero-order chi connectivity index (χ0) is 13.9. The van der Waals surface area contributed by atoms with E-state index in [2.05, 4.69) is 25.3 Å². The lowest BCUT2D eigenvalue weighted by Crippen LogP contribution is -2.40. The number of aromatic nitrogens is 4. The van der Waals surface area contributed by atoms with Crippen LogP contribution in [0.15, 0.2) is 12.4 Å². The fourth-order valence-electron chi connectivity index (χ4n) is 2.74. The summed E-state index contributed by atoms with van der Waals surface area (Å²) in [7, 11) is 0. The SMILES string of the molecule is Cc1cc(N(CCO)CC2CCCN2)n2ncnc2n1. The smallest absolute Gasteiger partial charge is 0.254 e. The van der Waals surface area contributed by atoms with Gasteiger partial charge in [0.15, 0.2) is 0 Å². The van der Waals surface area contributed by atoms with Crippen molar-refractivity contribution in [3.8, 4) is 0 Å². The Bertz CT molecular complexity index is 577. The number of aliphatic hydroxyl groups is 1. The molecule has 2 N–H and O–H groups in total. The number of rotatable bonds is 5. The van der Waals surface area contributed by atoms with Gasteiger partial charge in [0.05, 0.1) is 6.61 Å². The summed E-state index contributed by atoms with van der Waals surface area (Å²) in [6.45, 7) is 4.58. The first-order valence-corrected chi connectivity index (χ1v) is 7.04. The lowest BCUT2D eigenvalue weighted by atomic mass is 10.2. The van der Waals surface area contributed by atoms with Gasteiger partial charge in [0.2, 0.25) is 0 Å². The molecule has 108 valence electrons. The van der Waals surface area contributed by atoms with Crippen molar-refractivity contribution in [1.29, 1.82) is 0 Å². The van der Waals surface area contributed by atoms with Crippen LogP contribution < -0.4 is 10.2 Å². The molecule has 1 aliphatic heterocycles. The average Bonchev–Trinajstić information content (AvgIpc) is 3.07. The molecular weight excluding hydrogens is 256 g/mol. The highest BCUT2D eigenvalue weighted by atomic mass is 16.3. The Balaban J connectivity index is 1.93. The number of nitrogens with one attached hydrogen (secondary N) is 1. The fourth-order valence-corrected chi connectivity index (χ4v) is 2.74. The Labute approximate surface area is 117 Å². The van der Waals surface area contributed by atoms with Gasteiger partial charge >= 0.3 is 0 Å². The van der Waals surface area contributed by atoms with Crippen LogP contribution >= 0.6 is 0 Å². The second kappa shape index (κ2) is 5.72. The minimum Gasteiger partial charge on any atom is -0.395 e. The van der Waals surface area contributed by atoms with Gasteiger partial charge in [-0.15, -0.1) is 0 Å². The summed E-state index contributed by atoms with van der Waals surface area (Å²) in [5.74, 6) is 1.54. The van der Waals surface area contributed by atoms with E-state index in [-0.39, 0.29) is 6.61 Å². The molecule has 1 aliphatic rings. The lowest BCUT2D eigenvalue weighted by molar-refractivity contribution is 0.300. The predicted octanol–water partition coefficient (Wildman–Crippen LogP) is -0.0166. The van der Waals surface area contributed by atoms with Crippen LogP contribution in [0.25, 0.3) is 5.78 Å². The maximum absolute atomic E-state index is 9.34. The van der Waals surface area contributed by atoms with Crippen molar-refractivity contribution in [3.63, 3.8) is 0 Å². The zero-order valence-corrected chi connectivity index (χ0v) is 11.7. The van der Waals surface area contributed by atoms with Gasteiger partial charge in [-0.1, -0.05) is 0 Å². The quantitative estimate of drug-likeness (QED) is 0.799. The van der Waals surface area contributed by atoms with E-state index in [0.717, 1.165) is 24.6 Å². The van der Waals surface area contributed by atoms with Crippen molar-refractivity contribution in [2.75, 3.05) is 31.1 Å². The van der Waals surface area contributed by atoms with Crippen LogP contribution in [0.1, 0.15) is 18.5 Å². The summed E-state index contributed by atoms with van der Waals surface area (Å²) in [6, 6.07) is 2.46. The summed E-state index contributed by atoms with van der Waals surface area (Å²) in [5, 5.41) is 17.1. The standard InChI is InChI=1S/C13H20N6O/c1-10-7-12(19-13(17-10)15-9-16-19)18(5-6-20)8-11-3-2-4-14-11/h7,9,11,14,20H,2-6,8H2,1H3. The molecule has 7 heteroatoms. The molecule has 2 aromatic rings. The molecule has 1 fully saturated rings. The monoisotopic (exact) mass is 276 g/mol. The van der Waals surface area contributed by atoms with E-state index in [1.165, 1.54) is 19.2 Å². The largest absolute Gasteiger partial charge is 0.395 e. The van der Waals surface area contributed by atoms with E-state index in [4.69, 9.17) is 0 Å². The number of hydrogen-bond donors (Lipinski definition) is 2. The third-order valence-electron chi connectivity index (χ3n) is 3.66. The van der Waals surface area contributed by atoms with Gasteiger partial charge < -0.3 is 15.3 Å². The molecule has 0 saturated carbocycles. The number of anilines is 1. The van der Waals surface area contributed by atoms with Crippen molar-refractivity contribution in [2.24, 2.45) is 0 Å².